The SMILES string of the molecule is COc1cc2nc(C)nc(N[C@H](C)c3cc(Br)cs3)c2cc1C1CCC(C(=O)N2CCN(CC3CCC4(CC3)CCN(C(=O)O)CC4)CC2)CC1. The van der Waals surface area contributed by atoms with Crippen molar-refractivity contribution in [3.05, 3.63) is 44.3 Å². The third kappa shape index (κ3) is 8.18. The predicted octanol–water partition coefficient (Wildman–Crippen LogP) is 8.31. The molecule has 0 unspecified atom stereocenters. The second kappa shape index (κ2) is 15.6. The van der Waals surface area contributed by atoms with Crippen molar-refractivity contribution >= 4 is 56.0 Å². The second-order valence-corrected chi connectivity index (χ2v) is 17.5. The van der Waals surface area contributed by atoms with Crippen LogP contribution in [0.25, 0.3) is 10.9 Å². The minimum Gasteiger partial charge on any atom is -0.496 e. The number of piperidine rings is 1. The first-order valence-corrected chi connectivity index (χ1v) is 20.6. The van der Waals surface area contributed by atoms with Crippen LogP contribution in [0.15, 0.2) is 28.1 Å². The number of fused-ring (bicyclic) bond motifs is 1. The van der Waals surface area contributed by atoms with Crippen molar-refractivity contribution in [1.29, 1.82) is 0 Å². The number of aryl methyl sites for hydroxylation is 1. The highest BCUT2D eigenvalue weighted by Crippen LogP contribution is 2.47. The Hall–Kier alpha value is -2.96. The summed E-state index contributed by atoms with van der Waals surface area (Å²) >= 11 is 5.30. The molecule has 2 aromatic heterocycles. The first-order chi connectivity index (χ1) is 24.6. The van der Waals surface area contributed by atoms with Crippen molar-refractivity contribution in [2.75, 3.05) is 58.2 Å². The van der Waals surface area contributed by atoms with E-state index in [-0.39, 0.29) is 12.0 Å². The van der Waals surface area contributed by atoms with Crippen molar-refractivity contribution in [2.45, 2.75) is 90.0 Å². The van der Waals surface area contributed by atoms with Gasteiger partial charge in [0, 0.05) is 77.9 Å². The third-order valence-corrected chi connectivity index (χ3v) is 14.4. The number of benzene rings is 1. The molecule has 2 aliphatic carbocycles. The fraction of sp³-hybridized carbons (Fsp3) is 0.641. The van der Waals surface area contributed by atoms with E-state index in [0.717, 1.165) is 104 Å². The van der Waals surface area contributed by atoms with E-state index in [1.54, 1.807) is 23.3 Å². The lowest BCUT2D eigenvalue weighted by molar-refractivity contribution is -0.138. The Morgan fingerprint density at radius 1 is 0.980 bits per heavy atom. The topological polar surface area (TPSA) is 111 Å². The van der Waals surface area contributed by atoms with Crippen LogP contribution in [0.3, 0.4) is 0 Å². The van der Waals surface area contributed by atoms with Gasteiger partial charge in [-0.3, -0.25) is 9.69 Å². The van der Waals surface area contributed by atoms with Gasteiger partial charge in [0.15, 0.2) is 0 Å². The molecule has 51 heavy (non-hydrogen) atoms. The van der Waals surface area contributed by atoms with Crippen molar-refractivity contribution in [2.24, 2.45) is 17.3 Å². The van der Waals surface area contributed by atoms with Gasteiger partial charge in [-0.1, -0.05) is 0 Å². The predicted molar refractivity (Wildman–Crippen MR) is 206 cm³/mol. The van der Waals surface area contributed by atoms with E-state index in [0.29, 0.717) is 36.2 Å². The molecule has 12 heteroatoms. The molecule has 276 valence electrons. The average molecular weight is 782 g/mol. The van der Waals surface area contributed by atoms with E-state index < -0.39 is 6.09 Å². The molecule has 2 amide bonds. The second-order valence-electron chi connectivity index (χ2n) is 15.7. The summed E-state index contributed by atoms with van der Waals surface area (Å²) in [7, 11) is 1.74. The highest BCUT2D eigenvalue weighted by Gasteiger charge is 2.40. The molecule has 2 saturated carbocycles. The number of carboxylic acid groups (broad SMARTS) is 1. The maximum absolute atomic E-state index is 13.7. The molecule has 7 rings (SSSR count). The van der Waals surface area contributed by atoms with Crippen molar-refractivity contribution in [1.82, 2.24) is 24.7 Å². The summed E-state index contributed by atoms with van der Waals surface area (Å²) < 4.78 is 7.02. The van der Waals surface area contributed by atoms with E-state index in [9.17, 15) is 14.7 Å². The summed E-state index contributed by atoms with van der Waals surface area (Å²) in [6.07, 6.45) is 9.95. The summed E-state index contributed by atoms with van der Waals surface area (Å²) in [5.41, 5.74) is 2.42. The van der Waals surface area contributed by atoms with E-state index in [1.807, 2.05) is 6.92 Å². The number of likely N-dealkylation sites (tertiary alicyclic amines) is 1. The number of carbonyl (C=O) groups is 2. The standard InChI is InChI=1S/C39H53BrN6O4S/c1-25(35-20-30(40)24-51-35)41-36-32-21-31(34(50-3)22-33(32)42-26(2)43-36)28-4-6-29(7-5-28)37(47)45-18-16-44(17-19-45)23-27-8-10-39(11-9-27)12-14-46(15-13-39)38(48)49/h20-22,24-25,27-29H,4-19,23H2,1-3H3,(H,48,49)(H,41,42,43)/t25-,28?,29?/m1/s1. The number of nitrogens with zero attached hydrogens (tertiary/aromatic N) is 5. The fourth-order valence-corrected chi connectivity index (χ4v) is 10.8. The number of aromatic nitrogens is 2. The molecule has 2 aliphatic heterocycles. The number of nitrogens with one attached hydrogen (secondary N) is 1. The zero-order valence-electron chi connectivity index (χ0n) is 30.3. The van der Waals surface area contributed by atoms with Crippen LogP contribution in [0, 0.1) is 24.2 Å². The lowest BCUT2D eigenvalue weighted by atomic mass is 9.65. The van der Waals surface area contributed by atoms with Gasteiger partial charge in [0.2, 0.25) is 5.91 Å². The molecular weight excluding hydrogens is 728 g/mol. The zero-order valence-corrected chi connectivity index (χ0v) is 32.7. The van der Waals surface area contributed by atoms with Crippen LogP contribution >= 0.6 is 27.3 Å². The van der Waals surface area contributed by atoms with Crippen molar-refractivity contribution < 1.29 is 19.4 Å². The maximum Gasteiger partial charge on any atom is 0.407 e. The number of thiophene rings is 1. The smallest absolute Gasteiger partial charge is 0.407 e. The molecule has 10 nitrogen and oxygen atoms in total. The number of halogens is 1. The summed E-state index contributed by atoms with van der Waals surface area (Å²) in [5.74, 6) is 3.90. The van der Waals surface area contributed by atoms with Gasteiger partial charge >= 0.3 is 6.09 Å². The number of ether oxygens (including phenoxy) is 1. The van der Waals surface area contributed by atoms with Crippen LogP contribution in [0.5, 0.6) is 5.75 Å². The molecule has 1 atom stereocenters. The number of amides is 2. The Bertz CT molecular complexity index is 1700. The van der Waals surface area contributed by atoms with Crippen LogP contribution in [-0.2, 0) is 4.79 Å². The van der Waals surface area contributed by atoms with Crippen LogP contribution in [0.2, 0.25) is 0 Å². The summed E-state index contributed by atoms with van der Waals surface area (Å²) in [4.78, 5) is 42.2. The van der Waals surface area contributed by atoms with E-state index in [4.69, 9.17) is 14.7 Å². The van der Waals surface area contributed by atoms with Gasteiger partial charge < -0.3 is 25.0 Å². The van der Waals surface area contributed by atoms with Crippen LogP contribution in [0.1, 0.15) is 99.4 Å². The highest BCUT2D eigenvalue weighted by atomic mass is 79.9. The lowest BCUT2D eigenvalue weighted by Crippen LogP contribution is -2.52. The number of rotatable bonds is 8. The zero-order chi connectivity index (χ0) is 35.7. The average Bonchev–Trinajstić information content (AvgIpc) is 3.59. The lowest BCUT2D eigenvalue weighted by Gasteiger charge is -2.46. The Balaban J connectivity index is 0.910. The summed E-state index contributed by atoms with van der Waals surface area (Å²) in [5, 5.41) is 16.1. The minimum absolute atomic E-state index is 0.0931. The molecule has 2 N–H and O–H groups in total. The first-order valence-electron chi connectivity index (χ1n) is 19.0. The van der Waals surface area contributed by atoms with Crippen LogP contribution in [0.4, 0.5) is 10.6 Å². The third-order valence-electron chi connectivity index (χ3n) is 12.5. The summed E-state index contributed by atoms with van der Waals surface area (Å²) in [6, 6.07) is 6.54. The normalized spacial score (nSPS) is 23.8. The van der Waals surface area contributed by atoms with E-state index in [1.165, 1.54) is 36.1 Å². The van der Waals surface area contributed by atoms with Crippen molar-refractivity contribution in [3.63, 3.8) is 0 Å². The molecule has 1 aromatic carbocycles. The molecule has 0 bridgehead atoms. The molecule has 1 spiro atoms. The van der Waals surface area contributed by atoms with Gasteiger partial charge in [-0.25, -0.2) is 14.8 Å². The van der Waals surface area contributed by atoms with Gasteiger partial charge in [-0.15, -0.1) is 11.3 Å². The molecule has 0 radical (unpaired) electrons. The summed E-state index contributed by atoms with van der Waals surface area (Å²) in [6.45, 7) is 10.2. The molecule has 4 heterocycles. The van der Waals surface area contributed by atoms with Crippen LogP contribution in [-0.4, -0.2) is 94.7 Å². The number of anilines is 1. The van der Waals surface area contributed by atoms with Gasteiger partial charge in [-0.2, -0.15) is 0 Å². The molecule has 4 aliphatic rings. The monoisotopic (exact) mass is 780 g/mol. The highest BCUT2D eigenvalue weighted by molar-refractivity contribution is 9.10. The van der Waals surface area contributed by atoms with E-state index in [2.05, 4.69) is 61.5 Å². The number of piperazine rings is 1. The Morgan fingerprint density at radius 2 is 1.69 bits per heavy atom. The molecule has 3 aromatic rings. The fourth-order valence-electron chi connectivity index (χ4n) is 9.30. The maximum atomic E-state index is 13.7. The van der Waals surface area contributed by atoms with Gasteiger partial charge in [0.05, 0.1) is 18.7 Å². The number of carbonyl (C=O) groups excluding carboxylic acids is 1. The number of hydrogen-bond donors (Lipinski definition) is 2. The molecular formula is C39H53BrN6O4S. The van der Waals surface area contributed by atoms with Gasteiger partial charge in [0.25, 0.3) is 0 Å². The quantitative estimate of drug-likeness (QED) is 0.235. The number of methoxy groups -OCH3 is 1. The number of hydrogen-bond acceptors (Lipinski definition) is 8. The van der Waals surface area contributed by atoms with E-state index >= 15 is 0 Å². The first kappa shape index (κ1) is 36.4. The van der Waals surface area contributed by atoms with Gasteiger partial charge in [0.1, 0.15) is 17.4 Å². The molecule has 2 saturated heterocycles. The largest absolute Gasteiger partial charge is 0.496 e. The van der Waals surface area contributed by atoms with Crippen molar-refractivity contribution in [3.8, 4) is 5.75 Å². The minimum atomic E-state index is -0.771. The Labute approximate surface area is 314 Å². The molecule has 4 fully saturated rings. The van der Waals surface area contributed by atoms with Gasteiger partial charge in [-0.05, 0) is 129 Å². The Kier molecular flexibility index (Phi) is 11.1. The Morgan fingerprint density at radius 3 is 2.31 bits per heavy atom. The van der Waals surface area contributed by atoms with Crippen LogP contribution < -0.4 is 10.1 Å².